The Morgan fingerprint density at radius 1 is 1.53 bits per heavy atom. The number of rotatable bonds is 3. The molecule has 1 aromatic carbocycles. The van der Waals surface area contributed by atoms with Crippen LogP contribution in [0.3, 0.4) is 0 Å². The summed E-state index contributed by atoms with van der Waals surface area (Å²) in [6.45, 7) is 5.31. The topological polar surface area (TPSA) is 26.3 Å². The molecule has 15 heavy (non-hydrogen) atoms. The van der Waals surface area contributed by atoms with Gasteiger partial charge in [-0.05, 0) is 31.9 Å². The average Bonchev–Trinajstić information content (AvgIpc) is 2.21. The van der Waals surface area contributed by atoms with Gasteiger partial charge in [0.05, 0.1) is 11.7 Å². The van der Waals surface area contributed by atoms with Crippen LogP contribution in [0.25, 0.3) is 0 Å². The zero-order chi connectivity index (χ0) is 11.4. The lowest BCUT2D eigenvalue weighted by Gasteiger charge is -2.11. The lowest BCUT2D eigenvalue weighted by Crippen LogP contribution is -2.15. The zero-order valence-corrected chi connectivity index (χ0v) is 9.21. The molecule has 0 spiro atoms. The van der Waals surface area contributed by atoms with Crippen LogP contribution in [-0.2, 0) is 4.74 Å². The predicted octanol–water partition coefficient (Wildman–Crippen LogP) is 3.09. The van der Waals surface area contributed by atoms with Gasteiger partial charge < -0.3 is 4.74 Å². The standard InChI is InChI=1S/C12H15FO2/c1-4-9(3)15-12(14)10-7-5-6-8(2)11(10)13/h5-7,9H,4H2,1-3H3. The summed E-state index contributed by atoms with van der Waals surface area (Å²) >= 11 is 0. The number of ether oxygens (including phenoxy) is 1. The first kappa shape index (κ1) is 11.7. The molecule has 0 aliphatic carbocycles. The molecule has 1 unspecified atom stereocenters. The van der Waals surface area contributed by atoms with Gasteiger partial charge in [0.2, 0.25) is 0 Å². The van der Waals surface area contributed by atoms with Crippen LogP contribution in [0.1, 0.15) is 36.2 Å². The number of halogens is 1. The van der Waals surface area contributed by atoms with Crippen LogP contribution in [0.5, 0.6) is 0 Å². The van der Waals surface area contributed by atoms with Crippen LogP contribution in [0.2, 0.25) is 0 Å². The van der Waals surface area contributed by atoms with E-state index < -0.39 is 11.8 Å². The van der Waals surface area contributed by atoms with Crippen molar-refractivity contribution in [3.63, 3.8) is 0 Å². The maximum atomic E-state index is 13.5. The van der Waals surface area contributed by atoms with E-state index in [2.05, 4.69) is 0 Å². The molecule has 0 amide bonds. The summed E-state index contributed by atoms with van der Waals surface area (Å²) in [7, 11) is 0. The molecule has 0 heterocycles. The van der Waals surface area contributed by atoms with Crippen LogP contribution in [0.4, 0.5) is 4.39 Å². The summed E-state index contributed by atoms with van der Waals surface area (Å²) in [4.78, 5) is 11.5. The van der Waals surface area contributed by atoms with Crippen molar-refractivity contribution in [3.05, 3.63) is 35.1 Å². The first-order valence-corrected chi connectivity index (χ1v) is 5.02. The highest BCUT2D eigenvalue weighted by atomic mass is 19.1. The van der Waals surface area contributed by atoms with Crippen LogP contribution >= 0.6 is 0 Å². The number of hydrogen-bond donors (Lipinski definition) is 0. The van der Waals surface area contributed by atoms with Crippen molar-refractivity contribution in [3.8, 4) is 0 Å². The maximum absolute atomic E-state index is 13.5. The second kappa shape index (κ2) is 4.91. The third-order valence-electron chi connectivity index (χ3n) is 2.29. The van der Waals surface area contributed by atoms with Crippen molar-refractivity contribution < 1.29 is 13.9 Å². The second-order valence-corrected chi connectivity index (χ2v) is 3.56. The summed E-state index contributed by atoms with van der Waals surface area (Å²) in [6.07, 6.45) is 0.538. The fourth-order valence-corrected chi connectivity index (χ4v) is 1.13. The fraction of sp³-hybridized carbons (Fsp3) is 0.417. The molecule has 0 saturated carbocycles. The molecule has 0 saturated heterocycles. The molecule has 0 aromatic heterocycles. The number of carbonyl (C=O) groups excluding carboxylic acids is 1. The lowest BCUT2D eigenvalue weighted by atomic mass is 10.1. The highest BCUT2D eigenvalue weighted by Gasteiger charge is 2.16. The Balaban J connectivity index is 2.87. The third kappa shape index (κ3) is 2.78. The van der Waals surface area contributed by atoms with E-state index in [0.717, 1.165) is 6.42 Å². The quantitative estimate of drug-likeness (QED) is 0.716. The Labute approximate surface area is 89.1 Å². The molecule has 0 bridgehead atoms. The molecule has 0 fully saturated rings. The molecule has 0 aliphatic rings. The Kier molecular flexibility index (Phi) is 3.83. The molecule has 0 radical (unpaired) electrons. The largest absolute Gasteiger partial charge is 0.459 e. The number of esters is 1. The minimum absolute atomic E-state index is 0.00954. The van der Waals surface area contributed by atoms with E-state index in [1.807, 2.05) is 6.92 Å². The molecule has 2 nitrogen and oxygen atoms in total. The fourth-order valence-electron chi connectivity index (χ4n) is 1.13. The summed E-state index contributed by atoms with van der Waals surface area (Å²) in [5.41, 5.74) is 0.462. The van der Waals surface area contributed by atoms with Crippen molar-refractivity contribution in [2.24, 2.45) is 0 Å². The number of carbonyl (C=O) groups is 1. The van der Waals surface area contributed by atoms with Gasteiger partial charge >= 0.3 is 5.97 Å². The van der Waals surface area contributed by atoms with Gasteiger partial charge in [-0.25, -0.2) is 9.18 Å². The molecule has 1 rings (SSSR count). The second-order valence-electron chi connectivity index (χ2n) is 3.56. The molecular weight excluding hydrogens is 195 g/mol. The van der Waals surface area contributed by atoms with Crippen molar-refractivity contribution in [2.75, 3.05) is 0 Å². The summed E-state index contributed by atoms with van der Waals surface area (Å²) in [6, 6.07) is 4.70. The predicted molar refractivity (Wildman–Crippen MR) is 56.3 cm³/mol. The smallest absolute Gasteiger partial charge is 0.341 e. The molecule has 82 valence electrons. The summed E-state index contributed by atoms with van der Waals surface area (Å²) in [5.74, 6) is -1.09. The minimum Gasteiger partial charge on any atom is -0.459 e. The van der Waals surface area contributed by atoms with Gasteiger partial charge in [-0.3, -0.25) is 0 Å². The van der Waals surface area contributed by atoms with Gasteiger partial charge in [0.25, 0.3) is 0 Å². The normalized spacial score (nSPS) is 12.3. The van der Waals surface area contributed by atoms with Gasteiger partial charge in [-0.2, -0.15) is 0 Å². The molecular formula is C12H15FO2. The maximum Gasteiger partial charge on any atom is 0.341 e. The molecule has 0 N–H and O–H groups in total. The number of hydrogen-bond acceptors (Lipinski definition) is 2. The Hall–Kier alpha value is -1.38. The Morgan fingerprint density at radius 2 is 2.20 bits per heavy atom. The van der Waals surface area contributed by atoms with Gasteiger partial charge in [-0.15, -0.1) is 0 Å². The first-order valence-electron chi connectivity index (χ1n) is 5.02. The van der Waals surface area contributed by atoms with Crippen LogP contribution in [0, 0.1) is 12.7 Å². The SMILES string of the molecule is CCC(C)OC(=O)c1cccc(C)c1F. The lowest BCUT2D eigenvalue weighted by molar-refractivity contribution is 0.0329. The highest BCUT2D eigenvalue weighted by molar-refractivity contribution is 5.90. The Bertz CT molecular complexity index is 361. The Morgan fingerprint density at radius 3 is 2.80 bits per heavy atom. The van der Waals surface area contributed by atoms with Crippen LogP contribution in [0.15, 0.2) is 18.2 Å². The van der Waals surface area contributed by atoms with Crippen molar-refractivity contribution >= 4 is 5.97 Å². The highest BCUT2D eigenvalue weighted by Crippen LogP contribution is 2.14. The molecule has 0 aliphatic heterocycles. The van der Waals surface area contributed by atoms with Gasteiger partial charge in [-0.1, -0.05) is 19.1 Å². The van der Waals surface area contributed by atoms with E-state index in [0.29, 0.717) is 5.56 Å². The van der Waals surface area contributed by atoms with Gasteiger partial charge in [0.15, 0.2) is 0 Å². The molecule has 1 atom stereocenters. The van der Waals surface area contributed by atoms with E-state index in [1.165, 1.54) is 6.07 Å². The molecule has 3 heteroatoms. The van der Waals surface area contributed by atoms with E-state index in [1.54, 1.807) is 26.0 Å². The number of benzene rings is 1. The minimum atomic E-state index is -0.592. The van der Waals surface area contributed by atoms with E-state index >= 15 is 0 Å². The third-order valence-corrected chi connectivity index (χ3v) is 2.29. The first-order chi connectivity index (χ1) is 7.06. The average molecular weight is 210 g/mol. The summed E-state index contributed by atoms with van der Waals surface area (Å²) in [5, 5.41) is 0. The van der Waals surface area contributed by atoms with Crippen molar-refractivity contribution in [2.45, 2.75) is 33.3 Å². The molecule has 1 aromatic rings. The number of aryl methyl sites for hydroxylation is 1. The van der Waals surface area contributed by atoms with E-state index in [4.69, 9.17) is 4.74 Å². The van der Waals surface area contributed by atoms with Crippen molar-refractivity contribution in [1.29, 1.82) is 0 Å². The van der Waals surface area contributed by atoms with Gasteiger partial charge in [0, 0.05) is 0 Å². The van der Waals surface area contributed by atoms with E-state index in [9.17, 15) is 9.18 Å². The van der Waals surface area contributed by atoms with Gasteiger partial charge in [0.1, 0.15) is 5.82 Å². The van der Waals surface area contributed by atoms with Crippen molar-refractivity contribution in [1.82, 2.24) is 0 Å². The summed E-state index contributed by atoms with van der Waals surface area (Å²) < 4.78 is 18.5. The van der Waals surface area contributed by atoms with Crippen LogP contribution < -0.4 is 0 Å². The van der Waals surface area contributed by atoms with E-state index in [-0.39, 0.29) is 11.7 Å². The zero-order valence-electron chi connectivity index (χ0n) is 9.21. The van der Waals surface area contributed by atoms with Crippen LogP contribution in [-0.4, -0.2) is 12.1 Å². The monoisotopic (exact) mass is 210 g/mol.